The van der Waals surface area contributed by atoms with Gasteiger partial charge in [-0.1, -0.05) is 35.9 Å². The summed E-state index contributed by atoms with van der Waals surface area (Å²) in [6.07, 6.45) is -3.49. The minimum absolute atomic E-state index is 0.00905. The Labute approximate surface area is 236 Å². The largest absolute Gasteiger partial charge is 0.449 e. The van der Waals surface area contributed by atoms with Gasteiger partial charge in [0.15, 0.2) is 0 Å². The summed E-state index contributed by atoms with van der Waals surface area (Å²) < 4.78 is 44.8. The summed E-state index contributed by atoms with van der Waals surface area (Å²) in [5.74, 6) is -1.76. The van der Waals surface area contributed by atoms with Gasteiger partial charge < -0.3 is 10.1 Å². The van der Waals surface area contributed by atoms with E-state index >= 15 is 0 Å². The SMILES string of the molecule is Cc1cc(C)c(NC(=O)CN2C(=O)S/C(=C/c3ccccc3Oc3ccc(C(F)(F)F)cc3[N+](=O)[O-])C2=O)c(C)c1. The average molecular weight is 586 g/mol. The third-order valence-corrected chi connectivity index (χ3v) is 6.93. The lowest BCUT2D eigenvalue weighted by Crippen LogP contribution is -2.36. The molecule has 1 saturated heterocycles. The zero-order valence-electron chi connectivity index (χ0n) is 21.9. The van der Waals surface area contributed by atoms with Gasteiger partial charge in [0.1, 0.15) is 12.3 Å². The predicted octanol–water partition coefficient (Wildman–Crippen LogP) is 7.01. The number of hydrogen-bond acceptors (Lipinski definition) is 7. The Hall–Kier alpha value is -4.65. The van der Waals surface area contributed by atoms with Crippen LogP contribution < -0.4 is 10.1 Å². The fourth-order valence-electron chi connectivity index (χ4n) is 4.21. The summed E-state index contributed by atoms with van der Waals surface area (Å²) in [5, 5.41) is 13.5. The minimum atomic E-state index is -4.79. The highest BCUT2D eigenvalue weighted by atomic mass is 32.2. The number of halogens is 3. The van der Waals surface area contributed by atoms with Crippen LogP contribution in [0.15, 0.2) is 59.5 Å². The number of alkyl halides is 3. The maximum atomic E-state index is 13.1. The first kappa shape index (κ1) is 29.3. The molecular weight excluding hydrogens is 563 g/mol. The van der Waals surface area contributed by atoms with E-state index in [1.807, 2.05) is 32.9 Å². The van der Waals surface area contributed by atoms with E-state index in [4.69, 9.17) is 4.74 Å². The molecule has 0 aromatic heterocycles. The van der Waals surface area contributed by atoms with Crippen LogP contribution in [0.3, 0.4) is 0 Å². The second-order valence-corrected chi connectivity index (χ2v) is 10.2. The number of para-hydroxylation sites is 1. The van der Waals surface area contributed by atoms with Crippen LogP contribution in [-0.2, 0) is 15.8 Å². The van der Waals surface area contributed by atoms with Crippen molar-refractivity contribution >= 4 is 46.3 Å². The highest BCUT2D eigenvalue weighted by molar-refractivity contribution is 8.18. The molecule has 0 atom stereocenters. The van der Waals surface area contributed by atoms with Crippen LogP contribution in [0.5, 0.6) is 11.5 Å². The van der Waals surface area contributed by atoms with Crippen molar-refractivity contribution in [2.45, 2.75) is 26.9 Å². The first-order valence-electron chi connectivity index (χ1n) is 12.0. The molecule has 1 heterocycles. The van der Waals surface area contributed by atoms with Gasteiger partial charge in [-0.25, -0.2) is 0 Å². The maximum absolute atomic E-state index is 13.1. The lowest BCUT2D eigenvalue weighted by molar-refractivity contribution is -0.385. The van der Waals surface area contributed by atoms with Crippen molar-refractivity contribution in [2.75, 3.05) is 11.9 Å². The highest BCUT2D eigenvalue weighted by Crippen LogP contribution is 2.40. The van der Waals surface area contributed by atoms with E-state index in [-0.39, 0.29) is 16.2 Å². The summed E-state index contributed by atoms with van der Waals surface area (Å²) in [5.41, 5.74) is 1.38. The Balaban J connectivity index is 1.55. The lowest BCUT2D eigenvalue weighted by atomic mass is 10.1. The number of amides is 3. The topological polar surface area (TPSA) is 119 Å². The van der Waals surface area contributed by atoms with E-state index in [1.165, 1.54) is 24.3 Å². The van der Waals surface area contributed by atoms with Crippen molar-refractivity contribution < 1.29 is 37.2 Å². The number of benzene rings is 3. The quantitative estimate of drug-likeness (QED) is 0.180. The Bertz CT molecular complexity index is 1600. The van der Waals surface area contributed by atoms with Gasteiger partial charge in [0.25, 0.3) is 11.1 Å². The molecule has 4 rings (SSSR count). The number of rotatable bonds is 7. The molecule has 1 aliphatic rings. The summed E-state index contributed by atoms with van der Waals surface area (Å²) >= 11 is 0.591. The normalized spacial score (nSPS) is 14.5. The molecule has 1 aliphatic heterocycles. The third kappa shape index (κ3) is 6.57. The molecule has 3 aromatic rings. The summed E-state index contributed by atoms with van der Waals surface area (Å²) in [4.78, 5) is 49.6. The Morgan fingerprint density at radius 1 is 1.05 bits per heavy atom. The van der Waals surface area contributed by atoms with Crippen LogP contribution in [0.25, 0.3) is 6.08 Å². The van der Waals surface area contributed by atoms with E-state index in [2.05, 4.69) is 5.32 Å². The number of nitro benzene ring substituents is 1. The molecule has 1 fully saturated rings. The molecule has 13 heteroatoms. The number of carbonyl (C=O) groups is 3. The number of nitrogens with zero attached hydrogens (tertiary/aromatic N) is 2. The van der Waals surface area contributed by atoms with Crippen molar-refractivity contribution in [3.05, 3.63) is 97.4 Å². The number of anilines is 1. The van der Waals surface area contributed by atoms with Crippen LogP contribution in [0.1, 0.15) is 27.8 Å². The third-order valence-electron chi connectivity index (χ3n) is 6.03. The van der Waals surface area contributed by atoms with Gasteiger partial charge in [0, 0.05) is 17.3 Å². The van der Waals surface area contributed by atoms with Crippen LogP contribution in [0, 0.1) is 30.9 Å². The number of hydrogen-bond donors (Lipinski definition) is 1. The number of ether oxygens (including phenoxy) is 1. The van der Waals surface area contributed by atoms with Crippen LogP contribution in [0.2, 0.25) is 0 Å². The van der Waals surface area contributed by atoms with Crippen molar-refractivity contribution in [2.24, 2.45) is 0 Å². The number of imide groups is 1. The molecule has 0 bridgehead atoms. The van der Waals surface area contributed by atoms with Crippen molar-refractivity contribution in [1.29, 1.82) is 0 Å². The molecule has 1 N–H and O–H groups in total. The van der Waals surface area contributed by atoms with Crippen LogP contribution in [-0.4, -0.2) is 33.4 Å². The highest BCUT2D eigenvalue weighted by Gasteiger charge is 2.37. The minimum Gasteiger partial charge on any atom is -0.449 e. The summed E-state index contributed by atoms with van der Waals surface area (Å²) in [7, 11) is 0. The van der Waals surface area contributed by atoms with Crippen molar-refractivity contribution in [1.82, 2.24) is 4.90 Å². The number of nitro groups is 1. The molecule has 212 valence electrons. The van der Waals surface area contributed by atoms with E-state index in [1.54, 1.807) is 6.07 Å². The second-order valence-electron chi connectivity index (χ2n) is 9.17. The van der Waals surface area contributed by atoms with Gasteiger partial charge in [-0.05, 0) is 67.9 Å². The molecule has 9 nitrogen and oxygen atoms in total. The monoisotopic (exact) mass is 585 g/mol. The average Bonchev–Trinajstić information content (AvgIpc) is 3.14. The molecule has 0 radical (unpaired) electrons. The smallest absolute Gasteiger partial charge is 0.416 e. The van der Waals surface area contributed by atoms with E-state index in [0.717, 1.165) is 27.7 Å². The molecule has 3 aromatic carbocycles. The van der Waals surface area contributed by atoms with Gasteiger partial charge in [-0.15, -0.1) is 0 Å². The van der Waals surface area contributed by atoms with Crippen molar-refractivity contribution in [3.8, 4) is 11.5 Å². The molecule has 3 amide bonds. The van der Waals surface area contributed by atoms with Crippen LogP contribution >= 0.6 is 11.8 Å². The van der Waals surface area contributed by atoms with Gasteiger partial charge in [-0.3, -0.25) is 29.4 Å². The summed E-state index contributed by atoms with van der Waals surface area (Å²) in [6, 6.07) is 11.6. The maximum Gasteiger partial charge on any atom is 0.416 e. The second kappa shape index (κ2) is 11.5. The zero-order chi connectivity index (χ0) is 30.1. The fraction of sp³-hybridized carbons (Fsp3) is 0.179. The molecule has 0 aliphatic carbocycles. The lowest BCUT2D eigenvalue weighted by Gasteiger charge is -2.16. The van der Waals surface area contributed by atoms with Gasteiger partial charge >= 0.3 is 11.9 Å². The standard InChI is InChI=1S/C28H22F3N3O6S/c1-15-10-16(2)25(17(3)11-15)32-24(35)14-33-26(36)23(41-27(33)37)12-18-6-4-5-7-21(18)40-22-9-8-19(28(29,30)31)13-20(22)34(38)39/h4-13H,14H2,1-3H3,(H,32,35)/b23-12+. The molecule has 41 heavy (non-hydrogen) atoms. The predicted molar refractivity (Wildman–Crippen MR) is 147 cm³/mol. The van der Waals surface area contributed by atoms with Gasteiger partial charge in [0.2, 0.25) is 11.7 Å². The first-order valence-corrected chi connectivity index (χ1v) is 12.8. The van der Waals surface area contributed by atoms with E-state index in [9.17, 15) is 37.7 Å². The molecule has 0 spiro atoms. The van der Waals surface area contributed by atoms with Gasteiger partial charge in [-0.2, -0.15) is 13.2 Å². The zero-order valence-corrected chi connectivity index (χ0v) is 22.7. The molecular formula is C28H22F3N3O6S. The number of nitrogens with one attached hydrogen (secondary N) is 1. The Morgan fingerprint density at radius 2 is 1.71 bits per heavy atom. The number of carbonyl (C=O) groups excluding carboxylic acids is 3. The van der Waals surface area contributed by atoms with Crippen molar-refractivity contribution in [3.63, 3.8) is 0 Å². The number of thioether (sulfide) groups is 1. The molecule has 0 saturated carbocycles. The van der Waals surface area contributed by atoms with Gasteiger partial charge in [0.05, 0.1) is 15.4 Å². The Morgan fingerprint density at radius 3 is 2.34 bits per heavy atom. The van der Waals surface area contributed by atoms with E-state index < -0.39 is 51.7 Å². The number of aryl methyl sites for hydroxylation is 3. The van der Waals surface area contributed by atoms with E-state index in [0.29, 0.717) is 29.6 Å². The first-order chi connectivity index (χ1) is 19.2. The summed E-state index contributed by atoms with van der Waals surface area (Å²) in [6.45, 7) is 5.06. The Kier molecular flexibility index (Phi) is 8.19. The van der Waals surface area contributed by atoms with Crippen LogP contribution in [0.4, 0.5) is 29.3 Å². The molecule has 0 unspecified atom stereocenters. The fourth-order valence-corrected chi connectivity index (χ4v) is 5.04.